The molecule has 0 saturated carbocycles. The van der Waals surface area contributed by atoms with Gasteiger partial charge in [-0.25, -0.2) is 4.79 Å². The molecule has 0 aromatic heterocycles. The molecule has 3 N–H and O–H groups in total. The molecule has 0 saturated heterocycles. The van der Waals surface area contributed by atoms with Crippen LogP contribution in [0.5, 0.6) is 0 Å². The van der Waals surface area contributed by atoms with Gasteiger partial charge in [-0.2, -0.15) is 0 Å². The van der Waals surface area contributed by atoms with Gasteiger partial charge in [0.05, 0.1) is 0 Å². The fourth-order valence-electron chi connectivity index (χ4n) is 1.13. The molecule has 2 amide bonds. The first-order chi connectivity index (χ1) is 8.22. The number of hydrogen-bond donors (Lipinski definition) is 2. The Kier molecular flexibility index (Phi) is 4.95. The Hall–Kier alpha value is -2.64. The minimum absolute atomic E-state index is 0.350. The van der Waals surface area contributed by atoms with E-state index in [-0.39, 0.29) is 0 Å². The first-order valence-corrected chi connectivity index (χ1v) is 4.88. The van der Waals surface area contributed by atoms with Gasteiger partial charge in [0.1, 0.15) is 0 Å². The second-order valence-electron chi connectivity index (χ2n) is 3.08. The lowest BCUT2D eigenvalue weighted by Gasteiger charge is -2.00. The smallest absolute Gasteiger partial charge is 0.316 e. The fraction of sp³-hybridized carbons (Fsp3) is 0.182. The van der Waals surface area contributed by atoms with E-state index in [4.69, 9.17) is 11.3 Å². The minimum atomic E-state index is -0.613. The molecule has 1 rings (SSSR count). The summed E-state index contributed by atoms with van der Waals surface area (Å²) >= 11 is 0. The van der Waals surface area contributed by atoms with Crippen molar-refractivity contribution in [1.29, 1.82) is 0 Å². The van der Waals surface area contributed by atoms with Crippen LogP contribution in [0.25, 0.3) is 10.4 Å². The van der Waals surface area contributed by atoms with Crippen LogP contribution in [0.1, 0.15) is 12.0 Å². The number of hydrogen-bond acceptors (Lipinski definition) is 2. The molecule has 17 heavy (non-hydrogen) atoms. The molecule has 0 aliphatic rings. The summed E-state index contributed by atoms with van der Waals surface area (Å²) < 4.78 is 0. The maximum absolute atomic E-state index is 10.6. The SMILES string of the molecule is [N-]=[N+]=NCCC#Cc1cccc(NC(N)=O)c1. The van der Waals surface area contributed by atoms with Crippen molar-refractivity contribution in [2.24, 2.45) is 10.8 Å². The number of urea groups is 1. The van der Waals surface area contributed by atoms with Crippen LogP contribution in [0.2, 0.25) is 0 Å². The van der Waals surface area contributed by atoms with Crippen LogP contribution in [0.15, 0.2) is 29.4 Å². The summed E-state index contributed by atoms with van der Waals surface area (Å²) in [5.41, 5.74) is 14.4. The summed E-state index contributed by atoms with van der Waals surface area (Å²) in [7, 11) is 0. The zero-order chi connectivity index (χ0) is 12.5. The summed E-state index contributed by atoms with van der Waals surface area (Å²) in [5.74, 6) is 5.75. The van der Waals surface area contributed by atoms with E-state index < -0.39 is 6.03 Å². The van der Waals surface area contributed by atoms with Crippen LogP contribution in [0.3, 0.4) is 0 Å². The largest absolute Gasteiger partial charge is 0.351 e. The molecule has 0 unspecified atom stereocenters. The Labute approximate surface area is 98.4 Å². The number of amides is 2. The minimum Gasteiger partial charge on any atom is -0.351 e. The van der Waals surface area contributed by atoms with E-state index in [0.29, 0.717) is 18.7 Å². The highest BCUT2D eigenvalue weighted by atomic mass is 16.2. The van der Waals surface area contributed by atoms with E-state index in [1.54, 1.807) is 18.2 Å². The molecule has 0 radical (unpaired) electrons. The number of carbonyl (C=O) groups excluding carboxylic acids is 1. The van der Waals surface area contributed by atoms with E-state index in [1.165, 1.54) is 0 Å². The zero-order valence-electron chi connectivity index (χ0n) is 9.05. The number of primary amides is 1. The number of nitrogens with zero attached hydrogens (tertiary/aromatic N) is 3. The van der Waals surface area contributed by atoms with Gasteiger partial charge in [0.2, 0.25) is 0 Å². The number of benzene rings is 1. The van der Waals surface area contributed by atoms with Crippen LogP contribution in [0, 0.1) is 11.8 Å². The first kappa shape index (κ1) is 12.4. The Morgan fingerprint density at radius 1 is 1.59 bits per heavy atom. The molecule has 0 aliphatic heterocycles. The van der Waals surface area contributed by atoms with Crippen molar-refractivity contribution >= 4 is 11.7 Å². The van der Waals surface area contributed by atoms with Gasteiger partial charge in [-0.05, 0) is 23.7 Å². The third-order valence-corrected chi connectivity index (χ3v) is 1.76. The molecule has 0 atom stereocenters. The van der Waals surface area contributed by atoms with Gasteiger partial charge in [-0.15, -0.1) is 0 Å². The molecule has 6 heteroatoms. The molecule has 0 fully saturated rings. The highest BCUT2D eigenvalue weighted by molar-refractivity contribution is 5.87. The first-order valence-electron chi connectivity index (χ1n) is 4.88. The second kappa shape index (κ2) is 6.77. The highest BCUT2D eigenvalue weighted by Crippen LogP contribution is 2.09. The topological polar surface area (TPSA) is 104 Å². The lowest BCUT2D eigenvalue weighted by molar-refractivity contribution is 0.259. The van der Waals surface area contributed by atoms with Crippen molar-refractivity contribution in [3.63, 3.8) is 0 Å². The summed E-state index contributed by atoms with van der Waals surface area (Å²) in [6.45, 7) is 0.350. The van der Waals surface area contributed by atoms with Gasteiger partial charge in [0.25, 0.3) is 0 Å². The van der Waals surface area contributed by atoms with Gasteiger partial charge in [0, 0.05) is 29.1 Å². The van der Waals surface area contributed by atoms with Gasteiger partial charge in [-0.1, -0.05) is 23.0 Å². The van der Waals surface area contributed by atoms with Crippen molar-refractivity contribution in [3.05, 3.63) is 40.3 Å². The van der Waals surface area contributed by atoms with Crippen molar-refractivity contribution < 1.29 is 4.79 Å². The summed E-state index contributed by atoms with van der Waals surface area (Å²) in [6.07, 6.45) is 0.498. The summed E-state index contributed by atoms with van der Waals surface area (Å²) in [4.78, 5) is 13.3. The molecule has 0 aliphatic carbocycles. The Morgan fingerprint density at radius 3 is 3.12 bits per heavy atom. The molecule has 0 bridgehead atoms. The van der Waals surface area contributed by atoms with Crippen molar-refractivity contribution in [3.8, 4) is 11.8 Å². The molecule has 86 valence electrons. The van der Waals surface area contributed by atoms with Gasteiger partial charge < -0.3 is 11.1 Å². The fourth-order valence-corrected chi connectivity index (χ4v) is 1.13. The van der Waals surface area contributed by atoms with Crippen molar-refractivity contribution in [2.45, 2.75) is 6.42 Å². The van der Waals surface area contributed by atoms with Crippen LogP contribution in [-0.4, -0.2) is 12.6 Å². The Bertz CT molecular complexity index is 508. The molecule has 1 aromatic carbocycles. The number of nitrogens with two attached hydrogens (primary N) is 1. The third kappa shape index (κ3) is 5.11. The second-order valence-corrected chi connectivity index (χ2v) is 3.08. The number of rotatable bonds is 3. The van der Waals surface area contributed by atoms with Crippen LogP contribution >= 0.6 is 0 Å². The standard InChI is InChI=1S/C11H11N5O/c12-11(17)15-10-6-3-5-9(8-10)4-1-2-7-14-16-13/h3,5-6,8H,2,7H2,(H3,12,15,17). The summed E-state index contributed by atoms with van der Waals surface area (Å²) in [5, 5.41) is 5.82. The molecular weight excluding hydrogens is 218 g/mol. The normalized spacial score (nSPS) is 8.47. The average molecular weight is 229 g/mol. The van der Waals surface area contributed by atoms with E-state index in [0.717, 1.165) is 5.56 Å². The van der Waals surface area contributed by atoms with Crippen LogP contribution in [0.4, 0.5) is 10.5 Å². The lowest BCUT2D eigenvalue weighted by Crippen LogP contribution is -2.19. The van der Waals surface area contributed by atoms with E-state index in [1.807, 2.05) is 6.07 Å². The zero-order valence-corrected chi connectivity index (χ0v) is 9.05. The number of nitrogens with one attached hydrogen (secondary N) is 1. The molecule has 1 aromatic rings. The van der Waals surface area contributed by atoms with Gasteiger partial charge >= 0.3 is 6.03 Å². The average Bonchev–Trinajstić information content (AvgIpc) is 2.28. The number of anilines is 1. The van der Waals surface area contributed by atoms with E-state index in [2.05, 4.69) is 27.2 Å². The third-order valence-electron chi connectivity index (χ3n) is 1.76. The Morgan fingerprint density at radius 2 is 2.41 bits per heavy atom. The number of azide groups is 1. The van der Waals surface area contributed by atoms with E-state index in [9.17, 15) is 4.79 Å². The predicted molar refractivity (Wildman–Crippen MR) is 65.2 cm³/mol. The van der Waals surface area contributed by atoms with Gasteiger partial charge in [-0.3, -0.25) is 0 Å². The lowest BCUT2D eigenvalue weighted by atomic mass is 10.2. The maximum Gasteiger partial charge on any atom is 0.316 e. The molecule has 6 nitrogen and oxygen atoms in total. The highest BCUT2D eigenvalue weighted by Gasteiger charge is 1.95. The quantitative estimate of drug-likeness (QED) is 0.268. The Balaban J connectivity index is 2.64. The van der Waals surface area contributed by atoms with E-state index >= 15 is 0 Å². The monoisotopic (exact) mass is 229 g/mol. The molecule has 0 spiro atoms. The van der Waals surface area contributed by atoms with Crippen molar-refractivity contribution in [2.75, 3.05) is 11.9 Å². The summed E-state index contributed by atoms with van der Waals surface area (Å²) in [6, 6.07) is 6.40. The molecular formula is C11H11N5O. The van der Waals surface area contributed by atoms with Gasteiger partial charge in [0.15, 0.2) is 0 Å². The van der Waals surface area contributed by atoms with Crippen molar-refractivity contribution in [1.82, 2.24) is 0 Å². The van der Waals surface area contributed by atoms with Crippen LogP contribution < -0.4 is 11.1 Å². The number of carbonyl (C=O) groups is 1. The maximum atomic E-state index is 10.6. The predicted octanol–water partition coefficient (Wildman–Crippen LogP) is 2.23. The van der Waals surface area contributed by atoms with Crippen LogP contribution in [-0.2, 0) is 0 Å². The molecule has 0 heterocycles.